The minimum absolute atomic E-state index is 0.206. The number of hydrogen-bond donors (Lipinski definition) is 0. The van der Waals surface area contributed by atoms with Crippen molar-refractivity contribution in [3.8, 4) is 6.07 Å². The maximum absolute atomic E-state index is 9.66. The van der Waals surface area contributed by atoms with Gasteiger partial charge in [-0.15, -0.1) is 0 Å². The summed E-state index contributed by atoms with van der Waals surface area (Å²) in [6, 6.07) is 6.64. The van der Waals surface area contributed by atoms with Crippen molar-refractivity contribution < 1.29 is 0 Å². The fourth-order valence-corrected chi connectivity index (χ4v) is 3.46. The molecule has 1 aliphatic rings. The molecule has 108 valence electrons. The predicted octanol–water partition coefficient (Wildman–Crippen LogP) is 5.13. The molecule has 2 nitrogen and oxygen atoms in total. The van der Waals surface area contributed by atoms with Gasteiger partial charge in [-0.25, -0.2) is 0 Å². The van der Waals surface area contributed by atoms with Crippen LogP contribution in [0.5, 0.6) is 0 Å². The molecular formula is C17H23BrN2. The van der Waals surface area contributed by atoms with E-state index in [1.165, 1.54) is 0 Å². The fourth-order valence-electron chi connectivity index (χ4n) is 3.22. The molecule has 2 rings (SSSR count). The Kier molecular flexibility index (Phi) is 4.54. The quantitative estimate of drug-likeness (QED) is 0.751. The Hall–Kier alpha value is -0.880. The van der Waals surface area contributed by atoms with Crippen LogP contribution in [0.2, 0.25) is 0 Å². The van der Waals surface area contributed by atoms with Crippen molar-refractivity contribution in [2.24, 2.45) is 16.7 Å². The largest absolute Gasteiger partial charge is 0.260 e. The van der Waals surface area contributed by atoms with Crippen molar-refractivity contribution in [3.63, 3.8) is 0 Å². The van der Waals surface area contributed by atoms with E-state index in [1.54, 1.807) is 0 Å². The van der Waals surface area contributed by atoms with Gasteiger partial charge in [-0.3, -0.25) is 4.98 Å². The van der Waals surface area contributed by atoms with Gasteiger partial charge in [0.15, 0.2) is 0 Å². The van der Waals surface area contributed by atoms with Crippen LogP contribution in [-0.4, -0.2) is 4.98 Å². The zero-order chi connectivity index (χ0) is 14.8. The number of nitriles is 1. The highest BCUT2D eigenvalue weighted by Crippen LogP contribution is 2.46. The molecule has 0 radical (unpaired) electrons. The van der Waals surface area contributed by atoms with Gasteiger partial charge in [0.1, 0.15) is 0 Å². The minimum Gasteiger partial charge on any atom is -0.260 e. The molecule has 3 heteroatoms. The third-order valence-corrected chi connectivity index (χ3v) is 5.18. The van der Waals surface area contributed by atoms with E-state index in [0.29, 0.717) is 5.41 Å². The Morgan fingerprint density at radius 3 is 2.45 bits per heavy atom. The summed E-state index contributed by atoms with van der Waals surface area (Å²) in [5.74, 6) is 0.738. The van der Waals surface area contributed by atoms with E-state index >= 15 is 0 Å². The standard InChI is InChI=1S/C17H23BrN2/c1-16(2,3)13-6-8-17(12-19,9-7-13)10-15-5-4-14(18)11-20-15/h4-5,11,13H,6-10H2,1-3H3. The van der Waals surface area contributed by atoms with E-state index < -0.39 is 0 Å². The Bertz CT molecular complexity index is 485. The molecule has 0 aromatic carbocycles. The molecule has 1 aromatic rings. The van der Waals surface area contributed by atoms with Crippen LogP contribution in [0.3, 0.4) is 0 Å². The zero-order valence-corrected chi connectivity index (χ0v) is 14.2. The van der Waals surface area contributed by atoms with Gasteiger partial charge in [-0.05, 0) is 65.1 Å². The average molecular weight is 335 g/mol. The second-order valence-corrected chi connectivity index (χ2v) is 8.09. The number of rotatable bonds is 2. The normalized spacial score (nSPS) is 27.1. The molecule has 0 N–H and O–H groups in total. The number of halogens is 1. The van der Waals surface area contributed by atoms with Gasteiger partial charge in [0.2, 0.25) is 0 Å². The van der Waals surface area contributed by atoms with Gasteiger partial charge < -0.3 is 0 Å². The van der Waals surface area contributed by atoms with Gasteiger partial charge in [-0.1, -0.05) is 20.8 Å². The lowest BCUT2D eigenvalue weighted by Gasteiger charge is -2.40. The monoisotopic (exact) mass is 334 g/mol. The molecule has 1 saturated carbocycles. The molecule has 0 unspecified atom stereocenters. The molecule has 1 heterocycles. The number of aromatic nitrogens is 1. The summed E-state index contributed by atoms with van der Waals surface area (Å²) >= 11 is 3.40. The van der Waals surface area contributed by atoms with Crippen LogP contribution >= 0.6 is 15.9 Å². The van der Waals surface area contributed by atoms with Crippen LogP contribution < -0.4 is 0 Å². The van der Waals surface area contributed by atoms with E-state index in [-0.39, 0.29) is 5.41 Å². The fraction of sp³-hybridized carbons (Fsp3) is 0.647. The molecule has 0 atom stereocenters. The van der Waals surface area contributed by atoms with Crippen LogP contribution in [0.4, 0.5) is 0 Å². The number of nitrogens with zero attached hydrogens (tertiary/aromatic N) is 2. The predicted molar refractivity (Wildman–Crippen MR) is 85.1 cm³/mol. The van der Waals surface area contributed by atoms with Gasteiger partial charge in [0.05, 0.1) is 11.5 Å². The summed E-state index contributed by atoms with van der Waals surface area (Å²) in [5.41, 5.74) is 1.18. The second kappa shape index (κ2) is 5.85. The van der Waals surface area contributed by atoms with Gasteiger partial charge in [0.25, 0.3) is 0 Å². The van der Waals surface area contributed by atoms with Crippen LogP contribution in [0.15, 0.2) is 22.8 Å². The van der Waals surface area contributed by atoms with E-state index in [0.717, 1.165) is 48.2 Å². The first kappa shape index (κ1) is 15.5. The molecule has 0 saturated heterocycles. The topological polar surface area (TPSA) is 36.7 Å². The van der Waals surface area contributed by atoms with E-state index in [9.17, 15) is 5.26 Å². The highest BCUT2D eigenvalue weighted by molar-refractivity contribution is 9.10. The first-order chi connectivity index (χ1) is 9.35. The molecular weight excluding hydrogens is 312 g/mol. The van der Waals surface area contributed by atoms with Crippen LogP contribution in [0, 0.1) is 28.1 Å². The maximum Gasteiger partial charge on any atom is 0.0693 e. The van der Waals surface area contributed by atoms with E-state index in [2.05, 4.69) is 47.8 Å². The molecule has 0 spiro atoms. The van der Waals surface area contributed by atoms with Crippen molar-refractivity contribution >= 4 is 15.9 Å². The molecule has 0 aliphatic heterocycles. The maximum atomic E-state index is 9.66. The van der Waals surface area contributed by atoms with Crippen molar-refractivity contribution in [1.29, 1.82) is 5.26 Å². The van der Waals surface area contributed by atoms with Crippen molar-refractivity contribution in [3.05, 3.63) is 28.5 Å². The summed E-state index contributed by atoms with van der Waals surface area (Å²) < 4.78 is 0.990. The third-order valence-electron chi connectivity index (χ3n) is 4.71. The summed E-state index contributed by atoms with van der Waals surface area (Å²) in [6.07, 6.45) is 6.93. The van der Waals surface area contributed by atoms with Crippen LogP contribution in [0.25, 0.3) is 0 Å². The lowest BCUT2D eigenvalue weighted by atomic mass is 9.63. The third kappa shape index (κ3) is 3.61. The molecule has 1 fully saturated rings. The SMILES string of the molecule is CC(C)(C)C1CCC(C#N)(Cc2ccc(Br)cn2)CC1. The smallest absolute Gasteiger partial charge is 0.0693 e. The highest BCUT2D eigenvalue weighted by atomic mass is 79.9. The molecule has 0 amide bonds. The zero-order valence-electron chi connectivity index (χ0n) is 12.6. The van der Waals surface area contributed by atoms with Crippen molar-refractivity contribution in [2.45, 2.75) is 52.9 Å². The number of hydrogen-bond acceptors (Lipinski definition) is 2. The lowest BCUT2D eigenvalue weighted by molar-refractivity contribution is 0.120. The Morgan fingerprint density at radius 1 is 1.35 bits per heavy atom. The minimum atomic E-state index is -0.206. The summed E-state index contributed by atoms with van der Waals surface area (Å²) in [4.78, 5) is 4.44. The molecule has 20 heavy (non-hydrogen) atoms. The first-order valence-corrected chi connectivity index (χ1v) is 8.16. The van der Waals surface area contributed by atoms with Crippen molar-refractivity contribution in [2.75, 3.05) is 0 Å². The highest BCUT2D eigenvalue weighted by Gasteiger charge is 2.39. The van der Waals surface area contributed by atoms with E-state index in [4.69, 9.17) is 0 Å². The Labute approximate surface area is 130 Å². The van der Waals surface area contributed by atoms with Gasteiger partial charge in [-0.2, -0.15) is 5.26 Å². The lowest BCUT2D eigenvalue weighted by Crippen LogP contribution is -2.33. The first-order valence-electron chi connectivity index (χ1n) is 7.36. The van der Waals surface area contributed by atoms with Gasteiger partial charge in [0, 0.05) is 22.8 Å². The van der Waals surface area contributed by atoms with Gasteiger partial charge >= 0.3 is 0 Å². The molecule has 1 aliphatic carbocycles. The summed E-state index contributed by atoms with van der Waals surface area (Å²) in [6.45, 7) is 6.94. The number of pyridine rings is 1. The Morgan fingerprint density at radius 2 is 2.00 bits per heavy atom. The van der Waals surface area contributed by atoms with E-state index in [1.807, 2.05) is 18.3 Å². The molecule has 1 aromatic heterocycles. The summed E-state index contributed by atoms with van der Waals surface area (Å²) in [5, 5.41) is 9.66. The van der Waals surface area contributed by atoms with Crippen LogP contribution in [0.1, 0.15) is 52.1 Å². The second-order valence-electron chi connectivity index (χ2n) is 7.18. The van der Waals surface area contributed by atoms with Crippen LogP contribution in [-0.2, 0) is 6.42 Å². The molecule has 0 bridgehead atoms. The average Bonchev–Trinajstić information content (AvgIpc) is 2.41. The van der Waals surface area contributed by atoms with Crippen molar-refractivity contribution in [1.82, 2.24) is 4.98 Å². The summed E-state index contributed by atoms with van der Waals surface area (Å²) in [7, 11) is 0. The Balaban J connectivity index is 2.06.